The topological polar surface area (TPSA) is 86.0 Å². The third kappa shape index (κ3) is 2.86. The summed E-state index contributed by atoms with van der Waals surface area (Å²) in [6, 6.07) is 5.67. The highest BCUT2D eigenvalue weighted by Crippen LogP contribution is 2.29. The van der Waals surface area contributed by atoms with Crippen LogP contribution in [0, 0.1) is 0 Å². The van der Waals surface area contributed by atoms with Gasteiger partial charge in [0.1, 0.15) is 11.5 Å². The van der Waals surface area contributed by atoms with Crippen molar-refractivity contribution in [2.24, 2.45) is 0 Å². The molecule has 0 fully saturated rings. The average molecular weight is 266 g/mol. The Balaban J connectivity index is 2.11. The molecule has 1 heterocycles. The lowest BCUT2D eigenvalue weighted by Gasteiger charge is -2.09. The van der Waals surface area contributed by atoms with Crippen LogP contribution in [0.5, 0.6) is 11.5 Å². The van der Waals surface area contributed by atoms with Crippen LogP contribution in [-0.2, 0) is 5.75 Å². The normalized spacial score (nSPS) is 10.3. The Kier molecular flexibility index (Phi) is 3.93. The summed E-state index contributed by atoms with van der Waals surface area (Å²) in [6.45, 7) is 0. The molecule has 7 heteroatoms. The third-order valence-electron chi connectivity index (χ3n) is 2.33. The Morgan fingerprint density at radius 3 is 2.78 bits per heavy atom. The van der Waals surface area contributed by atoms with Crippen LogP contribution in [0.4, 0.5) is 5.95 Å². The van der Waals surface area contributed by atoms with E-state index in [4.69, 9.17) is 15.2 Å². The summed E-state index contributed by atoms with van der Waals surface area (Å²) >= 11 is 1.47. The molecule has 2 rings (SSSR count). The number of nitrogens with one attached hydrogen (secondary N) is 1. The summed E-state index contributed by atoms with van der Waals surface area (Å²) in [5.74, 6) is 2.60. The van der Waals surface area contributed by atoms with Crippen LogP contribution in [0.3, 0.4) is 0 Å². The first kappa shape index (κ1) is 12.6. The lowest BCUT2D eigenvalue weighted by molar-refractivity contribution is 0.400. The number of ether oxygens (including phenoxy) is 2. The van der Waals surface area contributed by atoms with E-state index in [1.165, 1.54) is 11.8 Å². The zero-order valence-electron chi connectivity index (χ0n) is 10.1. The van der Waals surface area contributed by atoms with Gasteiger partial charge in [-0.15, -0.1) is 5.10 Å². The molecule has 2 aromatic rings. The van der Waals surface area contributed by atoms with Gasteiger partial charge in [-0.25, -0.2) is 5.10 Å². The van der Waals surface area contributed by atoms with Crippen molar-refractivity contribution in [3.05, 3.63) is 23.8 Å². The van der Waals surface area contributed by atoms with Crippen molar-refractivity contribution >= 4 is 17.7 Å². The van der Waals surface area contributed by atoms with Gasteiger partial charge in [0, 0.05) is 11.3 Å². The van der Waals surface area contributed by atoms with Gasteiger partial charge in [0.15, 0.2) is 0 Å². The van der Waals surface area contributed by atoms with Crippen molar-refractivity contribution < 1.29 is 9.47 Å². The number of hydrogen-bond acceptors (Lipinski definition) is 6. The number of anilines is 1. The van der Waals surface area contributed by atoms with E-state index < -0.39 is 0 Å². The Bertz CT molecular complexity index is 530. The molecule has 3 N–H and O–H groups in total. The Morgan fingerprint density at radius 1 is 1.33 bits per heavy atom. The van der Waals surface area contributed by atoms with Crippen molar-refractivity contribution in [1.29, 1.82) is 0 Å². The number of benzene rings is 1. The van der Waals surface area contributed by atoms with Crippen LogP contribution in [0.15, 0.2) is 23.4 Å². The van der Waals surface area contributed by atoms with E-state index in [0.29, 0.717) is 16.9 Å². The van der Waals surface area contributed by atoms with Crippen LogP contribution in [0.2, 0.25) is 0 Å². The Hall–Kier alpha value is -1.89. The van der Waals surface area contributed by atoms with Gasteiger partial charge in [0.05, 0.1) is 14.2 Å². The number of methoxy groups -OCH3 is 2. The molecule has 0 saturated heterocycles. The standard InChI is InChI=1S/C11H14N4O2S/c1-16-8-3-4-9(17-2)7(5-8)6-18-11-13-10(12)14-15-11/h3-5H,6H2,1-2H3,(H3,12,13,14,15). The Morgan fingerprint density at radius 2 is 2.17 bits per heavy atom. The number of hydrogen-bond donors (Lipinski definition) is 2. The fourth-order valence-electron chi connectivity index (χ4n) is 1.46. The number of aromatic nitrogens is 3. The van der Waals surface area contributed by atoms with Crippen LogP contribution in [0.25, 0.3) is 0 Å². The van der Waals surface area contributed by atoms with Gasteiger partial charge in [-0.3, -0.25) is 0 Å². The molecule has 0 radical (unpaired) electrons. The van der Waals surface area contributed by atoms with Gasteiger partial charge in [0.25, 0.3) is 0 Å². The van der Waals surface area contributed by atoms with Crippen LogP contribution in [0.1, 0.15) is 5.56 Å². The molecule has 18 heavy (non-hydrogen) atoms. The van der Waals surface area contributed by atoms with Crippen LogP contribution < -0.4 is 15.2 Å². The predicted octanol–water partition coefficient (Wildman–Crippen LogP) is 1.70. The van der Waals surface area contributed by atoms with Gasteiger partial charge >= 0.3 is 0 Å². The van der Waals surface area contributed by atoms with E-state index in [1.807, 2.05) is 18.2 Å². The smallest absolute Gasteiger partial charge is 0.216 e. The van der Waals surface area contributed by atoms with E-state index in [0.717, 1.165) is 17.1 Å². The average Bonchev–Trinajstić information content (AvgIpc) is 2.81. The molecular formula is C11H14N4O2S. The summed E-state index contributed by atoms with van der Waals surface area (Å²) in [5.41, 5.74) is 6.48. The third-order valence-corrected chi connectivity index (χ3v) is 3.22. The van der Waals surface area contributed by atoms with Crippen molar-refractivity contribution in [3.63, 3.8) is 0 Å². The molecule has 1 aromatic heterocycles. The number of nitrogens with two attached hydrogens (primary N) is 1. The minimum absolute atomic E-state index is 0.315. The molecule has 0 amide bonds. The van der Waals surface area contributed by atoms with E-state index in [2.05, 4.69) is 15.2 Å². The van der Waals surface area contributed by atoms with Crippen LogP contribution >= 0.6 is 11.8 Å². The van der Waals surface area contributed by atoms with Gasteiger partial charge in [-0.05, 0) is 18.2 Å². The lowest BCUT2D eigenvalue weighted by atomic mass is 10.2. The first-order valence-electron chi connectivity index (χ1n) is 5.24. The highest BCUT2D eigenvalue weighted by molar-refractivity contribution is 7.98. The number of H-pyrrole nitrogens is 1. The summed E-state index contributed by atoms with van der Waals surface area (Å²) in [4.78, 5) is 4.03. The number of rotatable bonds is 5. The molecule has 0 bridgehead atoms. The van der Waals surface area contributed by atoms with Gasteiger partial charge in [-0.1, -0.05) is 11.8 Å². The van der Waals surface area contributed by atoms with Gasteiger partial charge in [0.2, 0.25) is 11.1 Å². The second-order valence-electron chi connectivity index (χ2n) is 3.47. The summed E-state index contributed by atoms with van der Waals surface area (Å²) in [5, 5.41) is 7.16. The molecule has 0 spiro atoms. The van der Waals surface area contributed by atoms with Crippen molar-refractivity contribution in [2.45, 2.75) is 10.9 Å². The molecule has 0 atom stereocenters. The number of thioether (sulfide) groups is 1. The number of nitrogen functional groups attached to an aromatic ring is 1. The van der Waals surface area contributed by atoms with Crippen molar-refractivity contribution in [2.75, 3.05) is 20.0 Å². The molecule has 96 valence electrons. The largest absolute Gasteiger partial charge is 0.497 e. The fraction of sp³-hybridized carbons (Fsp3) is 0.273. The first-order valence-corrected chi connectivity index (χ1v) is 6.23. The monoisotopic (exact) mass is 266 g/mol. The molecule has 0 aliphatic carbocycles. The molecular weight excluding hydrogens is 252 g/mol. The molecule has 0 aliphatic rings. The molecule has 0 unspecified atom stereocenters. The highest BCUT2D eigenvalue weighted by atomic mass is 32.2. The maximum atomic E-state index is 5.46. The summed E-state index contributed by atoms with van der Waals surface area (Å²) in [7, 11) is 3.27. The summed E-state index contributed by atoms with van der Waals surface area (Å²) < 4.78 is 10.5. The molecule has 1 aromatic carbocycles. The van der Waals surface area contributed by atoms with E-state index in [-0.39, 0.29) is 0 Å². The quantitative estimate of drug-likeness (QED) is 0.801. The zero-order chi connectivity index (χ0) is 13.0. The molecule has 0 aliphatic heterocycles. The van der Waals surface area contributed by atoms with Gasteiger partial charge < -0.3 is 15.2 Å². The lowest BCUT2D eigenvalue weighted by Crippen LogP contribution is -1.92. The van der Waals surface area contributed by atoms with Crippen LogP contribution in [-0.4, -0.2) is 29.4 Å². The number of aromatic amines is 1. The van der Waals surface area contributed by atoms with E-state index >= 15 is 0 Å². The fourth-order valence-corrected chi connectivity index (χ4v) is 2.24. The highest BCUT2D eigenvalue weighted by Gasteiger charge is 2.08. The Labute approximate surface area is 109 Å². The maximum Gasteiger partial charge on any atom is 0.216 e. The predicted molar refractivity (Wildman–Crippen MR) is 69.9 cm³/mol. The summed E-state index contributed by atoms with van der Waals surface area (Å²) in [6.07, 6.45) is 0. The zero-order valence-corrected chi connectivity index (χ0v) is 11.0. The second kappa shape index (κ2) is 5.63. The minimum atomic E-state index is 0.315. The minimum Gasteiger partial charge on any atom is -0.497 e. The van der Waals surface area contributed by atoms with Crippen molar-refractivity contribution in [3.8, 4) is 11.5 Å². The molecule has 0 saturated carbocycles. The SMILES string of the molecule is COc1ccc(OC)c(CSc2n[nH]c(N)n2)c1. The maximum absolute atomic E-state index is 5.46. The molecule has 6 nitrogen and oxygen atoms in total. The second-order valence-corrected chi connectivity index (χ2v) is 4.41. The first-order chi connectivity index (χ1) is 8.72. The van der Waals surface area contributed by atoms with Gasteiger partial charge in [-0.2, -0.15) is 4.98 Å². The van der Waals surface area contributed by atoms with E-state index in [1.54, 1.807) is 14.2 Å². The van der Waals surface area contributed by atoms with Crippen molar-refractivity contribution in [1.82, 2.24) is 15.2 Å². The van der Waals surface area contributed by atoms with E-state index in [9.17, 15) is 0 Å². The number of nitrogens with zero attached hydrogens (tertiary/aromatic N) is 2.